The molecule has 5 rings (SSSR count). The van der Waals surface area contributed by atoms with Gasteiger partial charge in [0.1, 0.15) is 22.8 Å². The first-order chi connectivity index (χ1) is 18.2. The Morgan fingerprint density at radius 3 is 2.45 bits per heavy atom. The third-order valence-electron chi connectivity index (χ3n) is 7.24. The van der Waals surface area contributed by atoms with Crippen molar-refractivity contribution in [2.45, 2.75) is 38.2 Å². The Balaban J connectivity index is 1.63. The van der Waals surface area contributed by atoms with E-state index >= 15 is 0 Å². The predicted octanol–water partition coefficient (Wildman–Crippen LogP) is 6.24. The number of carbonyl (C=O) groups excluding carboxylic acids is 1. The van der Waals surface area contributed by atoms with E-state index in [1.165, 1.54) is 19.2 Å². The van der Waals surface area contributed by atoms with Crippen LogP contribution < -0.4 is 5.73 Å². The van der Waals surface area contributed by atoms with Crippen LogP contribution in [0.3, 0.4) is 0 Å². The second kappa shape index (κ2) is 9.88. The summed E-state index contributed by atoms with van der Waals surface area (Å²) in [6.45, 7) is 5.56. The molecule has 0 bridgehead atoms. The van der Waals surface area contributed by atoms with E-state index in [4.69, 9.17) is 10.2 Å². The number of aryl methyl sites for hydroxylation is 2. The zero-order valence-electron chi connectivity index (χ0n) is 21.5. The first-order valence-electron chi connectivity index (χ1n) is 12.4. The minimum absolute atomic E-state index is 0.0563. The van der Waals surface area contributed by atoms with Crippen molar-refractivity contribution >= 4 is 16.9 Å². The van der Waals surface area contributed by atoms with Crippen molar-refractivity contribution in [3.63, 3.8) is 0 Å². The van der Waals surface area contributed by atoms with Crippen LogP contribution in [0.15, 0.2) is 95.7 Å². The van der Waals surface area contributed by atoms with Crippen LogP contribution in [0.2, 0.25) is 0 Å². The van der Waals surface area contributed by atoms with Gasteiger partial charge in [-0.05, 0) is 67.3 Å². The summed E-state index contributed by atoms with van der Waals surface area (Å²) in [5.74, 6) is -1.88. The summed E-state index contributed by atoms with van der Waals surface area (Å²) in [7, 11) is 0. The van der Waals surface area contributed by atoms with Crippen LogP contribution in [0.1, 0.15) is 57.9 Å². The number of primary amides is 1. The van der Waals surface area contributed by atoms with E-state index in [1.54, 1.807) is 12.1 Å². The van der Waals surface area contributed by atoms with Gasteiger partial charge < -0.3 is 15.3 Å². The molecule has 2 unspecified atom stereocenters. The Hall–Kier alpha value is -4.29. The van der Waals surface area contributed by atoms with Crippen molar-refractivity contribution in [2.24, 2.45) is 5.73 Å². The van der Waals surface area contributed by atoms with E-state index in [0.717, 1.165) is 34.0 Å². The van der Waals surface area contributed by atoms with Gasteiger partial charge in [-0.15, -0.1) is 0 Å². The minimum Gasteiger partial charge on any atom is -0.458 e. The maximum absolute atomic E-state index is 14.4. The molecule has 0 saturated heterocycles. The Morgan fingerprint density at radius 2 is 1.76 bits per heavy atom. The Bertz CT molecular complexity index is 1620. The number of nitrogens with zero attached hydrogens (tertiary/aromatic N) is 1. The number of aliphatic hydroxyl groups is 1. The third kappa shape index (κ3) is 4.59. The van der Waals surface area contributed by atoms with Gasteiger partial charge in [-0.3, -0.25) is 9.78 Å². The van der Waals surface area contributed by atoms with Gasteiger partial charge in [0.05, 0.1) is 12.1 Å². The molecule has 0 aliphatic heterocycles. The number of hydrogen-bond donors (Lipinski definition) is 2. The minimum atomic E-state index is -1.72. The van der Waals surface area contributed by atoms with Crippen LogP contribution in [0, 0.1) is 19.7 Å². The van der Waals surface area contributed by atoms with E-state index in [1.807, 2.05) is 62.4 Å². The van der Waals surface area contributed by atoms with Crippen molar-refractivity contribution in [3.05, 3.63) is 136 Å². The molecule has 3 aromatic carbocycles. The molecule has 5 aromatic rings. The number of pyridine rings is 1. The van der Waals surface area contributed by atoms with Gasteiger partial charge >= 0.3 is 0 Å². The number of rotatable bonds is 7. The van der Waals surface area contributed by atoms with E-state index in [9.17, 15) is 14.3 Å². The second-order valence-electron chi connectivity index (χ2n) is 9.96. The molecular weight excluding hydrogens is 479 g/mol. The fourth-order valence-electron chi connectivity index (χ4n) is 5.31. The molecule has 5 nitrogen and oxygen atoms in total. The molecule has 2 heterocycles. The molecule has 0 fully saturated rings. The van der Waals surface area contributed by atoms with Crippen LogP contribution in [0.5, 0.6) is 0 Å². The molecule has 0 aliphatic rings. The molecule has 0 saturated carbocycles. The quantitative estimate of drug-likeness (QED) is 0.272. The average Bonchev–Trinajstić information content (AvgIpc) is 3.33. The zero-order chi connectivity index (χ0) is 27.0. The van der Waals surface area contributed by atoms with Crippen molar-refractivity contribution < 1.29 is 18.7 Å². The lowest BCUT2D eigenvalue weighted by Gasteiger charge is -2.28. The third-order valence-corrected chi connectivity index (χ3v) is 7.24. The number of nitrogens with two attached hydrogens (primary N) is 1. The number of fused-ring (bicyclic) bond motifs is 1. The number of hydrogen-bond acceptors (Lipinski definition) is 4. The normalized spacial score (nSPS) is 14.7. The second-order valence-corrected chi connectivity index (χ2v) is 9.96. The number of furan rings is 1. The van der Waals surface area contributed by atoms with Crippen molar-refractivity contribution in [2.75, 3.05) is 0 Å². The molecule has 192 valence electrons. The first kappa shape index (κ1) is 25.4. The topological polar surface area (TPSA) is 89.4 Å². The molecule has 3 N–H and O–H groups in total. The highest BCUT2D eigenvalue weighted by Crippen LogP contribution is 2.42. The maximum atomic E-state index is 14.4. The van der Waals surface area contributed by atoms with Gasteiger partial charge in [0.25, 0.3) is 0 Å². The fraction of sp³-hybridized carbons (Fsp3) is 0.188. The molecule has 0 aliphatic carbocycles. The Morgan fingerprint density at radius 1 is 1.00 bits per heavy atom. The molecule has 1 amide bonds. The lowest BCUT2D eigenvalue weighted by atomic mass is 9.75. The van der Waals surface area contributed by atoms with Crippen LogP contribution in [0.25, 0.3) is 11.0 Å². The maximum Gasteiger partial charge on any atom is 0.225 e. The van der Waals surface area contributed by atoms with Crippen LogP contribution in [-0.2, 0) is 10.4 Å². The number of aromatic nitrogens is 1. The summed E-state index contributed by atoms with van der Waals surface area (Å²) < 4.78 is 20.4. The SMILES string of the molecule is Cc1ccc([C@H](c2ccccc2)C(C(N)=O)c2ccc3oc(C(C)(O)c4ccncc4F)cc3c2)c(C)c1. The van der Waals surface area contributed by atoms with Crippen molar-refractivity contribution in [1.82, 2.24) is 4.98 Å². The van der Waals surface area contributed by atoms with Gasteiger partial charge in [-0.2, -0.15) is 0 Å². The molecule has 6 heteroatoms. The standard InChI is InChI=1S/C32H29FN2O3/c1-19-9-11-24(20(2)15-19)29(21-7-5-4-6-8-21)30(31(34)36)22-10-12-27-23(16-22)17-28(38-27)32(3,37)25-13-14-35-18-26(25)33/h4-18,29-30,37H,1-3H3,(H2,34,36)/t29-,30?,32?/m0/s1. The molecular formula is C32H29FN2O3. The number of amides is 1. The van der Waals surface area contributed by atoms with Crippen molar-refractivity contribution in [1.29, 1.82) is 0 Å². The lowest BCUT2D eigenvalue weighted by molar-refractivity contribution is -0.119. The number of halogens is 1. The Kier molecular flexibility index (Phi) is 6.59. The summed E-state index contributed by atoms with van der Waals surface area (Å²) in [6, 6.07) is 24.6. The summed E-state index contributed by atoms with van der Waals surface area (Å²) in [4.78, 5) is 16.9. The van der Waals surface area contributed by atoms with Crippen LogP contribution in [-0.4, -0.2) is 16.0 Å². The Labute approximate surface area is 220 Å². The van der Waals surface area contributed by atoms with E-state index in [-0.39, 0.29) is 17.2 Å². The van der Waals surface area contributed by atoms with E-state index in [2.05, 4.69) is 17.1 Å². The smallest absolute Gasteiger partial charge is 0.225 e. The highest BCUT2D eigenvalue weighted by molar-refractivity contribution is 5.87. The summed E-state index contributed by atoms with van der Waals surface area (Å²) in [5, 5.41) is 11.9. The largest absolute Gasteiger partial charge is 0.458 e. The van der Waals surface area contributed by atoms with Crippen LogP contribution >= 0.6 is 0 Å². The fourth-order valence-corrected chi connectivity index (χ4v) is 5.31. The summed E-state index contributed by atoms with van der Waals surface area (Å²) in [6.07, 6.45) is 2.47. The molecule has 3 atom stereocenters. The molecule has 2 aromatic heterocycles. The van der Waals surface area contributed by atoms with E-state index in [0.29, 0.717) is 11.0 Å². The lowest BCUT2D eigenvalue weighted by Crippen LogP contribution is -2.28. The van der Waals surface area contributed by atoms with Gasteiger partial charge in [-0.1, -0.05) is 60.2 Å². The van der Waals surface area contributed by atoms with Gasteiger partial charge in [0.2, 0.25) is 5.91 Å². The highest BCUT2D eigenvalue weighted by atomic mass is 19.1. The van der Waals surface area contributed by atoms with Gasteiger partial charge in [0.15, 0.2) is 0 Å². The highest BCUT2D eigenvalue weighted by Gasteiger charge is 2.34. The zero-order valence-corrected chi connectivity index (χ0v) is 21.5. The monoisotopic (exact) mass is 508 g/mol. The molecule has 38 heavy (non-hydrogen) atoms. The predicted molar refractivity (Wildman–Crippen MR) is 145 cm³/mol. The first-order valence-corrected chi connectivity index (χ1v) is 12.4. The average molecular weight is 509 g/mol. The summed E-state index contributed by atoms with van der Waals surface area (Å²) >= 11 is 0. The van der Waals surface area contributed by atoms with Crippen molar-refractivity contribution in [3.8, 4) is 0 Å². The number of benzene rings is 3. The summed E-state index contributed by atoms with van der Waals surface area (Å²) in [5.41, 5.74) is 9.86. The number of carbonyl (C=O) groups is 1. The van der Waals surface area contributed by atoms with E-state index < -0.39 is 23.2 Å². The van der Waals surface area contributed by atoms with Gasteiger partial charge in [-0.25, -0.2) is 4.39 Å². The van der Waals surface area contributed by atoms with Gasteiger partial charge in [0, 0.05) is 23.1 Å². The molecule has 0 spiro atoms. The van der Waals surface area contributed by atoms with Crippen LogP contribution in [0.4, 0.5) is 4.39 Å². The molecule has 0 radical (unpaired) electrons.